The minimum Gasteiger partial charge on any atom is -0.502 e. The zero-order chi connectivity index (χ0) is 22.8. The van der Waals surface area contributed by atoms with Crippen molar-refractivity contribution in [3.8, 4) is 5.75 Å². The molecule has 0 aliphatic rings. The predicted molar refractivity (Wildman–Crippen MR) is 123 cm³/mol. The van der Waals surface area contributed by atoms with Crippen molar-refractivity contribution in [3.05, 3.63) is 77.2 Å². The lowest BCUT2D eigenvalue weighted by atomic mass is 9.89. The van der Waals surface area contributed by atoms with Gasteiger partial charge >= 0.3 is 0 Å². The molecule has 1 atom stereocenters. The number of aliphatic hydroxyl groups is 1. The van der Waals surface area contributed by atoms with E-state index in [2.05, 4.69) is 11.4 Å². The van der Waals surface area contributed by atoms with Crippen LogP contribution in [-0.4, -0.2) is 30.2 Å². The van der Waals surface area contributed by atoms with Crippen molar-refractivity contribution in [2.75, 3.05) is 13.2 Å². The molecule has 0 heterocycles. The number of Topliss-reactive ketones (excluding diaryl/α,β-unsaturated/α-hetero) is 1. The van der Waals surface area contributed by atoms with Crippen molar-refractivity contribution in [3.63, 3.8) is 0 Å². The zero-order valence-electron chi connectivity index (χ0n) is 18.6. The molecule has 164 valence electrons. The van der Waals surface area contributed by atoms with Crippen LogP contribution >= 0.6 is 0 Å². The summed E-state index contributed by atoms with van der Waals surface area (Å²) in [5.74, 6) is 1.08. The highest BCUT2D eigenvalue weighted by Crippen LogP contribution is 2.31. The lowest BCUT2D eigenvalue weighted by Gasteiger charge is -2.17. The van der Waals surface area contributed by atoms with Gasteiger partial charge in [0.1, 0.15) is 11.5 Å². The average molecular weight is 422 g/mol. The first-order valence-electron chi connectivity index (χ1n) is 10.6. The highest BCUT2D eigenvalue weighted by atomic mass is 16.5. The molecule has 1 N–H and O–H groups in total. The van der Waals surface area contributed by atoms with Crippen molar-refractivity contribution in [1.29, 1.82) is 0 Å². The molecular weight excluding hydrogens is 390 g/mol. The third-order valence-corrected chi connectivity index (χ3v) is 4.89. The molecular formula is C26H31NO4. The molecule has 0 amide bonds. The van der Waals surface area contributed by atoms with E-state index in [0.717, 1.165) is 11.1 Å². The maximum Gasteiger partial charge on any atom is 0.228 e. The van der Waals surface area contributed by atoms with Gasteiger partial charge in [0.2, 0.25) is 5.69 Å². The van der Waals surface area contributed by atoms with Crippen LogP contribution in [0, 0.1) is 12.5 Å². The van der Waals surface area contributed by atoms with Crippen LogP contribution in [0.25, 0.3) is 10.6 Å². The normalized spacial score (nSPS) is 11.6. The first-order valence-corrected chi connectivity index (χ1v) is 10.6. The van der Waals surface area contributed by atoms with Crippen LogP contribution in [0.3, 0.4) is 0 Å². The highest BCUT2D eigenvalue weighted by molar-refractivity contribution is 5.97. The number of carbonyl (C=O) groups is 1. The summed E-state index contributed by atoms with van der Waals surface area (Å²) in [6.07, 6.45) is 1.46. The summed E-state index contributed by atoms with van der Waals surface area (Å²) in [7, 11) is 0. The van der Waals surface area contributed by atoms with Crippen molar-refractivity contribution in [1.82, 2.24) is 0 Å². The van der Waals surface area contributed by atoms with Crippen molar-refractivity contribution in [2.45, 2.75) is 46.1 Å². The summed E-state index contributed by atoms with van der Waals surface area (Å²) < 4.78 is 11.1. The Kier molecular flexibility index (Phi) is 9.30. The van der Waals surface area contributed by atoms with Crippen molar-refractivity contribution in [2.24, 2.45) is 5.92 Å². The van der Waals surface area contributed by atoms with E-state index in [1.165, 1.54) is 0 Å². The third kappa shape index (κ3) is 7.27. The van der Waals surface area contributed by atoms with E-state index >= 15 is 0 Å². The van der Waals surface area contributed by atoms with Gasteiger partial charge in [0.25, 0.3) is 0 Å². The molecule has 0 aromatic heterocycles. The monoisotopic (exact) mass is 421 g/mol. The Morgan fingerprint density at radius 1 is 1.16 bits per heavy atom. The first kappa shape index (κ1) is 24.2. The molecule has 0 spiro atoms. The molecule has 0 unspecified atom stereocenters. The maximum atomic E-state index is 12.9. The molecule has 0 saturated carbocycles. The summed E-state index contributed by atoms with van der Waals surface area (Å²) in [6.45, 7) is 17.6. The summed E-state index contributed by atoms with van der Waals surface area (Å²) in [5.41, 5.74) is 2.84. The van der Waals surface area contributed by atoms with E-state index < -0.39 is 0 Å². The van der Waals surface area contributed by atoms with E-state index in [1.807, 2.05) is 45.0 Å². The Bertz CT molecular complexity index is 925. The second-order valence-electron chi connectivity index (χ2n) is 7.72. The zero-order valence-corrected chi connectivity index (χ0v) is 18.6. The van der Waals surface area contributed by atoms with Gasteiger partial charge in [0, 0.05) is 24.2 Å². The van der Waals surface area contributed by atoms with E-state index in [9.17, 15) is 9.90 Å². The van der Waals surface area contributed by atoms with E-state index in [1.54, 1.807) is 18.2 Å². The summed E-state index contributed by atoms with van der Waals surface area (Å²) in [5, 5.41) is 9.48. The van der Waals surface area contributed by atoms with Gasteiger partial charge in [-0.1, -0.05) is 36.9 Å². The molecule has 2 aromatic carbocycles. The fourth-order valence-corrected chi connectivity index (χ4v) is 3.39. The van der Waals surface area contributed by atoms with Crippen LogP contribution < -0.4 is 4.74 Å². The van der Waals surface area contributed by atoms with Gasteiger partial charge in [-0.3, -0.25) is 4.79 Å². The minimum atomic E-state index is -0.0481. The molecule has 0 radical (unpaired) electrons. The molecule has 0 saturated heterocycles. The van der Waals surface area contributed by atoms with E-state index in [-0.39, 0.29) is 24.4 Å². The molecule has 0 aliphatic heterocycles. The molecule has 0 aliphatic carbocycles. The molecule has 5 nitrogen and oxygen atoms in total. The van der Waals surface area contributed by atoms with Gasteiger partial charge in [-0.25, -0.2) is 4.85 Å². The fourth-order valence-electron chi connectivity index (χ4n) is 3.39. The quantitative estimate of drug-likeness (QED) is 0.265. The smallest absolute Gasteiger partial charge is 0.228 e. The number of ether oxygens (including phenoxy) is 2. The highest BCUT2D eigenvalue weighted by Gasteiger charge is 2.18. The number of hydrogen-bond donors (Lipinski definition) is 1. The third-order valence-electron chi connectivity index (χ3n) is 4.89. The topological polar surface area (TPSA) is 60.1 Å². The number of ketones is 1. The maximum absolute atomic E-state index is 12.9. The van der Waals surface area contributed by atoms with Crippen LogP contribution in [0.15, 0.2) is 49.0 Å². The number of carbonyl (C=O) groups excluding carboxylic acids is 1. The molecule has 0 fully saturated rings. The van der Waals surface area contributed by atoms with Crippen LogP contribution in [-0.2, 0) is 11.2 Å². The Hall–Kier alpha value is -3.10. The predicted octanol–water partition coefficient (Wildman–Crippen LogP) is 5.85. The lowest BCUT2D eigenvalue weighted by molar-refractivity contribution is 0.0953. The Labute approximate surface area is 185 Å². The Balaban J connectivity index is 2.10. The average Bonchev–Trinajstić information content (AvgIpc) is 2.74. The SMILES string of the molecule is [C-]#[N+]c1cc(C(=O)C[C@H](CCO)Cc2ccc(C(=C)OCC)cc2)ccc1OC(C)C. The molecule has 2 aromatic rings. The number of nitrogens with zero attached hydrogens (tertiary/aromatic N) is 1. The standard InChI is InChI=1S/C26H31NO4/c1-6-30-19(4)22-9-7-20(8-10-22)15-21(13-14-28)16-25(29)23-11-12-26(31-18(2)3)24(17-23)27-5/h7-12,17-18,21,28H,4,6,13-16H2,1-3H3/t21-/m1/s1. The van der Waals surface area contributed by atoms with Gasteiger partial charge in [-0.15, -0.1) is 0 Å². The molecule has 0 bridgehead atoms. The van der Waals surface area contributed by atoms with Gasteiger partial charge in [0.15, 0.2) is 5.78 Å². The molecule has 2 rings (SSSR count). The largest absolute Gasteiger partial charge is 0.502 e. The fraction of sp³-hybridized carbons (Fsp3) is 0.385. The Morgan fingerprint density at radius 3 is 2.42 bits per heavy atom. The summed E-state index contributed by atoms with van der Waals surface area (Å²) >= 11 is 0. The molecule has 5 heteroatoms. The van der Waals surface area contributed by atoms with Gasteiger partial charge in [0.05, 0.1) is 19.3 Å². The Morgan fingerprint density at radius 2 is 1.84 bits per heavy atom. The van der Waals surface area contributed by atoms with E-state index in [4.69, 9.17) is 16.0 Å². The summed E-state index contributed by atoms with van der Waals surface area (Å²) in [4.78, 5) is 16.4. The van der Waals surface area contributed by atoms with Crippen LogP contribution in [0.2, 0.25) is 0 Å². The van der Waals surface area contributed by atoms with E-state index in [0.29, 0.717) is 48.6 Å². The number of benzene rings is 2. The van der Waals surface area contributed by atoms with Crippen molar-refractivity contribution < 1.29 is 19.4 Å². The van der Waals surface area contributed by atoms with Crippen LogP contribution in [0.5, 0.6) is 5.75 Å². The number of hydrogen-bond acceptors (Lipinski definition) is 4. The number of rotatable bonds is 12. The lowest BCUT2D eigenvalue weighted by Crippen LogP contribution is -2.13. The van der Waals surface area contributed by atoms with Crippen molar-refractivity contribution >= 4 is 17.2 Å². The first-order chi connectivity index (χ1) is 14.9. The second kappa shape index (κ2) is 11.9. The van der Waals surface area contributed by atoms with Crippen LogP contribution in [0.1, 0.15) is 55.1 Å². The second-order valence-corrected chi connectivity index (χ2v) is 7.72. The van der Waals surface area contributed by atoms with Gasteiger partial charge in [-0.2, -0.15) is 0 Å². The van der Waals surface area contributed by atoms with Gasteiger partial charge < -0.3 is 14.6 Å². The van der Waals surface area contributed by atoms with Crippen LogP contribution in [0.4, 0.5) is 5.69 Å². The molecule has 31 heavy (non-hydrogen) atoms. The number of aliphatic hydroxyl groups excluding tert-OH is 1. The van der Waals surface area contributed by atoms with Gasteiger partial charge in [-0.05, 0) is 57.2 Å². The summed E-state index contributed by atoms with van der Waals surface area (Å²) in [6, 6.07) is 12.9. The minimum absolute atomic E-state index is 0.00132.